The number of non-ortho nitro benzene ring substituents is 1. The molecule has 1 aromatic heterocycles. The van der Waals surface area contributed by atoms with Crippen molar-refractivity contribution in [2.75, 3.05) is 27.2 Å². The lowest BCUT2D eigenvalue weighted by Crippen LogP contribution is -2.35. The summed E-state index contributed by atoms with van der Waals surface area (Å²) in [6, 6.07) is 8.37. The molecule has 0 fully saturated rings. The Bertz CT molecular complexity index is 1270. The molecule has 8 nitrogen and oxygen atoms in total. The van der Waals surface area contributed by atoms with Crippen LogP contribution in [0.25, 0.3) is 11.0 Å². The first-order valence-corrected chi connectivity index (χ1v) is 10.0. The van der Waals surface area contributed by atoms with Crippen molar-refractivity contribution in [1.82, 2.24) is 9.80 Å². The van der Waals surface area contributed by atoms with Crippen molar-refractivity contribution >= 4 is 34.2 Å². The number of carbonyl (C=O) groups excluding carboxylic acids is 1. The zero-order chi connectivity index (χ0) is 22.4. The highest BCUT2D eigenvalue weighted by Crippen LogP contribution is 2.39. The maximum Gasteiger partial charge on any atom is 0.290 e. The number of rotatable bonds is 5. The van der Waals surface area contributed by atoms with Gasteiger partial charge in [-0.1, -0.05) is 11.6 Å². The van der Waals surface area contributed by atoms with E-state index in [4.69, 9.17) is 16.0 Å². The van der Waals surface area contributed by atoms with Gasteiger partial charge in [0.1, 0.15) is 5.58 Å². The number of carbonyl (C=O) groups is 1. The minimum Gasteiger partial charge on any atom is -0.450 e. The summed E-state index contributed by atoms with van der Waals surface area (Å²) in [5.41, 5.74) is 1.46. The Morgan fingerprint density at radius 3 is 2.48 bits per heavy atom. The Morgan fingerprint density at radius 2 is 1.87 bits per heavy atom. The summed E-state index contributed by atoms with van der Waals surface area (Å²) in [4.78, 5) is 40.8. The van der Waals surface area contributed by atoms with E-state index in [9.17, 15) is 19.7 Å². The third kappa shape index (κ3) is 3.58. The normalized spacial score (nSPS) is 15.7. The van der Waals surface area contributed by atoms with Crippen molar-refractivity contribution in [3.8, 4) is 0 Å². The second kappa shape index (κ2) is 7.79. The number of amides is 1. The molecule has 1 atom stereocenters. The van der Waals surface area contributed by atoms with Gasteiger partial charge in [0.15, 0.2) is 5.43 Å². The molecule has 0 spiro atoms. The number of nitro groups is 1. The first kappa shape index (κ1) is 21.0. The molecule has 1 amide bonds. The number of aryl methyl sites for hydroxylation is 1. The average Bonchev–Trinajstić information content (AvgIpc) is 3.00. The van der Waals surface area contributed by atoms with E-state index < -0.39 is 11.0 Å². The minimum absolute atomic E-state index is 0.00123. The standard InChI is InChI=1S/C22H20ClN3O5/c1-12-10-17-15(11-16(12)23)20(27)18-19(13-4-6-14(7-5-13)26(29)30)25(9-8-24(2)3)22(28)21(18)31-17/h4-7,10-11,19H,8-9H2,1-3H3/t19-/m0/s1. The molecule has 1 aliphatic heterocycles. The van der Waals surface area contributed by atoms with Gasteiger partial charge in [0.2, 0.25) is 5.76 Å². The predicted molar refractivity (Wildman–Crippen MR) is 117 cm³/mol. The fourth-order valence-electron chi connectivity index (χ4n) is 3.80. The topological polar surface area (TPSA) is 96.9 Å². The molecule has 0 saturated heterocycles. The molecule has 31 heavy (non-hydrogen) atoms. The molecule has 1 aliphatic rings. The maximum atomic E-state index is 13.5. The van der Waals surface area contributed by atoms with Gasteiger partial charge in [-0.15, -0.1) is 0 Å². The van der Waals surface area contributed by atoms with Gasteiger partial charge < -0.3 is 14.2 Å². The highest BCUT2D eigenvalue weighted by molar-refractivity contribution is 6.32. The van der Waals surface area contributed by atoms with E-state index in [1.54, 1.807) is 36.1 Å². The van der Waals surface area contributed by atoms with Crippen LogP contribution in [0.3, 0.4) is 0 Å². The number of fused-ring (bicyclic) bond motifs is 2. The fourth-order valence-corrected chi connectivity index (χ4v) is 3.97. The molecule has 0 saturated carbocycles. The average molecular weight is 442 g/mol. The zero-order valence-electron chi connectivity index (χ0n) is 17.2. The molecule has 9 heteroatoms. The van der Waals surface area contributed by atoms with Gasteiger partial charge >= 0.3 is 0 Å². The molecule has 0 radical (unpaired) electrons. The Morgan fingerprint density at radius 1 is 1.19 bits per heavy atom. The molecule has 4 rings (SSSR count). The summed E-state index contributed by atoms with van der Waals surface area (Å²) in [5.74, 6) is -0.381. The van der Waals surface area contributed by atoms with E-state index in [-0.39, 0.29) is 28.3 Å². The van der Waals surface area contributed by atoms with E-state index in [1.165, 1.54) is 12.1 Å². The van der Waals surface area contributed by atoms with Crippen molar-refractivity contribution in [2.45, 2.75) is 13.0 Å². The van der Waals surface area contributed by atoms with Crippen molar-refractivity contribution < 1.29 is 14.1 Å². The molecule has 0 N–H and O–H groups in total. The number of halogens is 1. The van der Waals surface area contributed by atoms with Gasteiger partial charge in [-0.2, -0.15) is 0 Å². The van der Waals surface area contributed by atoms with E-state index in [2.05, 4.69) is 0 Å². The van der Waals surface area contributed by atoms with E-state index in [0.717, 1.165) is 5.56 Å². The molecule has 3 aromatic rings. The summed E-state index contributed by atoms with van der Waals surface area (Å²) in [7, 11) is 3.77. The highest BCUT2D eigenvalue weighted by Gasteiger charge is 2.42. The van der Waals surface area contributed by atoms with Crippen molar-refractivity contribution in [3.05, 3.63) is 84.2 Å². The third-order valence-corrected chi connectivity index (χ3v) is 5.86. The quantitative estimate of drug-likeness (QED) is 0.441. The number of benzene rings is 2. The number of hydrogen-bond acceptors (Lipinski definition) is 6. The Kier molecular flexibility index (Phi) is 5.28. The maximum absolute atomic E-state index is 13.5. The Labute approximate surface area is 182 Å². The predicted octanol–water partition coefficient (Wildman–Crippen LogP) is 3.77. The van der Waals surface area contributed by atoms with Crippen LogP contribution in [-0.2, 0) is 0 Å². The van der Waals surface area contributed by atoms with Crippen LogP contribution in [-0.4, -0.2) is 47.8 Å². The smallest absolute Gasteiger partial charge is 0.290 e. The molecule has 2 aromatic carbocycles. The lowest BCUT2D eigenvalue weighted by molar-refractivity contribution is -0.384. The second-order valence-corrected chi connectivity index (χ2v) is 8.23. The summed E-state index contributed by atoms with van der Waals surface area (Å²) in [6.07, 6.45) is 0. The molecular weight excluding hydrogens is 422 g/mol. The molecule has 0 aliphatic carbocycles. The number of likely N-dealkylation sites (N-methyl/N-ethyl adjacent to an activating group) is 1. The number of nitrogens with zero attached hydrogens (tertiary/aromatic N) is 3. The summed E-state index contributed by atoms with van der Waals surface area (Å²) < 4.78 is 5.91. The van der Waals surface area contributed by atoms with Crippen LogP contribution < -0.4 is 5.43 Å². The minimum atomic E-state index is -0.705. The molecule has 2 heterocycles. The van der Waals surface area contributed by atoms with Crippen LogP contribution in [0.1, 0.15) is 33.3 Å². The van der Waals surface area contributed by atoms with Crippen molar-refractivity contribution in [2.24, 2.45) is 0 Å². The van der Waals surface area contributed by atoms with Crippen molar-refractivity contribution in [3.63, 3.8) is 0 Å². The van der Waals surface area contributed by atoms with E-state index >= 15 is 0 Å². The summed E-state index contributed by atoms with van der Waals surface area (Å²) >= 11 is 6.23. The summed E-state index contributed by atoms with van der Waals surface area (Å²) in [5, 5.41) is 11.8. The zero-order valence-corrected chi connectivity index (χ0v) is 18.0. The monoisotopic (exact) mass is 441 g/mol. The molecule has 160 valence electrons. The first-order chi connectivity index (χ1) is 14.7. The van der Waals surface area contributed by atoms with Gasteiger partial charge in [0.05, 0.1) is 21.9 Å². The fraction of sp³-hybridized carbons (Fsp3) is 0.273. The number of nitro benzene ring substituents is 1. The van der Waals surface area contributed by atoms with Gasteiger partial charge in [-0.3, -0.25) is 19.7 Å². The van der Waals surface area contributed by atoms with Crippen LogP contribution in [0, 0.1) is 17.0 Å². The third-order valence-electron chi connectivity index (χ3n) is 5.45. The number of hydrogen-bond donors (Lipinski definition) is 0. The Balaban J connectivity index is 1.93. The van der Waals surface area contributed by atoms with Gasteiger partial charge in [0, 0.05) is 30.2 Å². The van der Waals surface area contributed by atoms with Crippen molar-refractivity contribution in [1.29, 1.82) is 0 Å². The molecule has 0 unspecified atom stereocenters. The van der Waals surface area contributed by atoms with Crippen LogP contribution in [0.2, 0.25) is 5.02 Å². The van der Waals surface area contributed by atoms with Crippen LogP contribution >= 0.6 is 11.6 Å². The van der Waals surface area contributed by atoms with Crippen LogP contribution in [0.4, 0.5) is 5.69 Å². The summed E-state index contributed by atoms with van der Waals surface area (Å²) in [6.45, 7) is 2.72. The van der Waals surface area contributed by atoms with Gasteiger partial charge in [-0.05, 0) is 56.4 Å². The largest absolute Gasteiger partial charge is 0.450 e. The first-order valence-electron chi connectivity index (χ1n) is 9.66. The molecule has 0 bridgehead atoms. The van der Waals surface area contributed by atoms with Gasteiger partial charge in [0.25, 0.3) is 11.6 Å². The SMILES string of the molecule is Cc1cc2oc3c(c(=O)c2cc1Cl)[C@H](c1ccc([N+](=O)[O-])cc1)N(CCN(C)C)C3=O. The lowest BCUT2D eigenvalue weighted by Gasteiger charge is -2.26. The Hall–Kier alpha value is -3.23. The van der Waals surface area contributed by atoms with Gasteiger partial charge in [-0.25, -0.2) is 0 Å². The lowest BCUT2D eigenvalue weighted by atomic mass is 9.98. The second-order valence-electron chi connectivity index (χ2n) is 7.82. The molecular formula is C22H20ClN3O5. The van der Waals surface area contributed by atoms with Crippen LogP contribution in [0.15, 0.2) is 45.6 Å². The van der Waals surface area contributed by atoms with E-state index in [1.807, 2.05) is 19.0 Å². The van der Waals surface area contributed by atoms with E-state index in [0.29, 0.717) is 34.6 Å². The van der Waals surface area contributed by atoms with Crippen LogP contribution in [0.5, 0.6) is 0 Å². The highest BCUT2D eigenvalue weighted by atomic mass is 35.5.